The third-order valence-electron chi connectivity index (χ3n) is 4.38. The third-order valence-corrected chi connectivity index (χ3v) is 5.12. The van der Waals surface area contributed by atoms with Crippen LogP contribution >= 0.6 is 23.2 Å². The smallest absolute Gasteiger partial charge is 0.238 e. The van der Waals surface area contributed by atoms with Crippen LogP contribution in [0.15, 0.2) is 42.5 Å². The van der Waals surface area contributed by atoms with E-state index >= 15 is 0 Å². The monoisotopic (exact) mass is 393 g/mol. The lowest BCUT2D eigenvalue weighted by Crippen LogP contribution is -2.48. The Morgan fingerprint density at radius 1 is 1.04 bits per heavy atom. The first kappa shape index (κ1) is 18.8. The molecule has 7 heteroatoms. The predicted molar refractivity (Wildman–Crippen MR) is 107 cm³/mol. The Hall–Kier alpha value is -1.95. The number of piperazine rings is 1. The maximum atomic E-state index is 12.2. The number of amides is 1. The fourth-order valence-electron chi connectivity index (χ4n) is 2.92. The maximum absolute atomic E-state index is 12.2. The molecule has 2 aromatic rings. The highest BCUT2D eigenvalue weighted by Crippen LogP contribution is 2.27. The molecule has 0 aliphatic carbocycles. The lowest BCUT2D eigenvalue weighted by atomic mass is 10.2. The third kappa shape index (κ3) is 4.81. The van der Waals surface area contributed by atoms with E-state index in [1.165, 1.54) is 0 Å². The Morgan fingerprint density at radius 3 is 2.35 bits per heavy atom. The molecule has 138 valence electrons. The van der Waals surface area contributed by atoms with E-state index in [0.29, 0.717) is 16.6 Å². The molecule has 1 aliphatic rings. The molecule has 1 fully saturated rings. The van der Waals surface area contributed by atoms with E-state index < -0.39 is 0 Å². The van der Waals surface area contributed by atoms with Crippen molar-refractivity contribution < 1.29 is 9.53 Å². The minimum absolute atomic E-state index is 0.0156. The topological polar surface area (TPSA) is 44.8 Å². The largest absolute Gasteiger partial charge is 0.497 e. The van der Waals surface area contributed by atoms with Crippen molar-refractivity contribution in [3.8, 4) is 5.75 Å². The van der Waals surface area contributed by atoms with Crippen molar-refractivity contribution >= 4 is 40.5 Å². The molecule has 0 saturated carbocycles. The van der Waals surface area contributed by atoms with Gasteiger partial charge in [-0.15, -0.1) is 0 Å². The summed E-state index contributed by atoms with van der Waals surface area (Å²) in [4.78, 5) is 16.6. The number of hydrogen-bond acceptors (Lipinski definition) is 4. The van der Waals surface area contributed by atoms with Crippen LogP contribution in [0.4, 0.5) is 11.4 Å². The van der Waals surface area contributed by atoms with E-state index in [0.717, 1.165) is 43.3 Å². The minimum Gasteiger partial charge on any atom is -0.497 e. The van der Waals surface area contributed by atoms with Crippen molar-refractivity contribution in [2.24, 2.45) is 0 Å². The highest BCUT2D eigenvalue weighted by Gasteiger charge is 2.19. The van der Waals surface area contributed by atoms with Crippen LogP contribution in [0.5, 0.6) is 5.75 Å². The fourth-order valence-corrected chi connectivity index (χ4v) is 3.22. The minimum atomic E-state index is -0.0156. The second kappa shape index (κ2) is 8.62. The predicted octanol–water partition coefficient (Wildman–Crippen LogP) is 3.76. The molecule has 0 radical (unpaired) electrons. The first-order chi connectivity index (χ1) is 12.5. The summed E-state index contributed by atoms with van der Waals surface area (Å²) in [6.45, 7) is 3.69. The van der Waals surface area contributed by atoms with Gasteiger partial charge in [0.1, 0.15) is 5.75 Å². The highest BCUT2D eigenvalue weighted by atomic mass is 35.5. The molecular weight excluding hydrogens is 373 g/mol. The lowest BCUT2D eigenvalue weighted by Gasteiger charge is -2.35. The molecule has 5 nitrogen and oxygen atoms in total. The summed E-state index contributed by atoms with van der Waals surface area (Å²) >= 11 is 12.1. The zero-order chi connectivity index (χ0) is 18.5. The van der Waals surface area contributed by atoms with E-state index in [9.17, 15) is 4.79 Å². The van der Waals surface area contributed by atoms with Gasteiger partial charge in [0.2, 0.25) is 5.91 Å². The number of benzene rings is 2. The summed E-state index contributed by atoms with van der Waals surface area (Å²) in [5, 5.41) is 4.04. The molecule has 0 spiro atoms. The van der Waals surface area contributed by atoms with Gasteiger partial charge in [0.05, 0.1) is 23.7 Å². The number of anilines is 2. The number of rotatable bonds is 5. The van der Waals surface area contributed by atoms with Crippen LogP contribution in [0.3, 0.4) is 0 Å². The summed E-state index contributed by atoms with van der Waals surface area (Å²) in [6, 6.07) is 13.0. The molecule has 0 aromatic heterocycles. The summed E-state index contributed by atoms with van der Waals surface area (Å²) in [5.41, 5.74) is 1.83. The van der Waals surface area contributed by atoms with Crippen molar-refractivity contribution in [3.63, 3.8) is 0 Å². The van der Waals surface area contributed by atoms with Crippen LogP contribution in [-0.4, -0.2) is 50.6 Å². The number of nitrogens with one attached hydrogen (secondary N) is 1. The Bertz CT molecular complexity index is 760. The summed E-state index contributed by atoms with van der Waals surface area (Å²) in [7, 11) is 1.62. The maximum Gasteiger partial charge on any atom is 0.238 e. The van der Waals surface area contributed by atoms with Gasteiger partial charge in [-0.25, -0.2) is 0 Å². The molecule has 3 rings (SSSR count). The molecule has 1 N–H and O–H groups in total. The van der Waals surface area contributed by atoms with E-state index in [1.54, 1.807) is 7.11 Å². The second-order valence-electron chi connectivity index (χ2n) is 6.14. The van der Waals surface area contributed by atoms with Crippen molar-refractivity contribution in [2.45, 2.75) is 0 Å². The van der Waals surface area contributed by atoms with Gasteiger partial charge in [0.25, 0.3) is 0 Å². The van der Waals surface area contributed by atoms with E-state index in [1.807, 2.05) is 42.5 Å². The summed E-state index contributed by atoms with van der Waals surface area (Å²) in [5.74, 6) is 0.750. The molecular formula is C19H21Cl2N3O2. The van der Waals surface area contributed by atoms with E-state index in [-0.39, 0.29) is 5.91 Å². The second-order valence-corrected chi connectivity index (χ2v) is 6.95. The molecule has 0 unspecified atom stereocenters. The lowest BCUT2D eigenvalue weighted by molar-refractivity contribution is -0.117. The molecule has 2 aromatic carbocycles. The van der Waals surface area contributed by atoms with Gasteiger partial charge in [-0.05, 0) is 42.5 Å². The van der Waals surface area contributed by atoms with Gasteiger partial charge in [0.15, 0.2) is 0 Å². The van der Waals surface area contributed by atoms with Crippen LogP contribution in [0.2, 0.25) is 10.0 Å². The molecule has 0 bridgehead atoms. The number of hydrogen-bond donors (Lipinski definition) is 1. The van der Waals surface area contributed by atoms with Crippen molar-refractivity contribution in [1.29, 1.82) is 0 Å². The van der Waals surface area contributed by atoms with Crippen LogP contribution < -0.4 is 15.0 Å². The zero-order valence-corrected chi connectivity index (χ0v) is 16.1. The molecule has 1 heterocycles. The first-order valence-corrected chi connectivity index (χ1v) is 9.17. The van der Waals surface area contributed by atoms with Gasteiger partial charge in [-0.1, -0.05) is 23.2 Å². The Kier molecular flexibility index (Phi) is 6.25. The van der Waals surface area contributed by atoms with Gasteiger partial charge in [-0.2, -0.15) is 0 Å². The molecule has 1 amide bonds. The molecule has 0 atom stereocenters. The normalized spacial score (nSPS) is 15.0. The SMILES string of the molecule is COc1ccc(NC(=O)CN2CCN(c3ccc(Cl)c(Cl)c3)CC2)cc1. The van der Waals surface area contributed by atoms with Gasteiger partial charge in [0, 0.05) is 37.6 Å². The van der Waals surface area contributed by atoms with Gasteiger partial charge < -0.3 is 15.0 Å². The fraction of sp³-hybridized carbons (Fsp3) is 0.316. The number of nitrogens with zero attached hydrogens (tertiary/aromatic N) is 2. The molecule has 1 aliphatic heterocycles. The van der Waals surface area contributed by atoms with Crippen molar-refractivity contribution in [3.05, 3.63) is 52.5 Å². The van der Waals surface area contributed by atoms with Crippen LogP contribution in [0, 0.1) is 0 Å². The van der Waals surface area contributed by atoms with Crippen molar-refractivity contribution in [1.82, 2.24) is 4.90 Å². The standard InChI is InChI=1S/C19H21Cl2N3O2/c1-26-16-5-2-14(3-6-16)22-19(25)13-23-8-10-24(11-9-23)15-4-7-17(20)18(21)12-15/h2-7,12H,8-11,13H2,1H3,(H,22,25). The van der Waals surface area contributed by atoms with Gasteiger partial charge >= 0.3 is 0 Å². The Labute approximate surface area is 163 Å². The summed E-state index contributed by atoms with van der Waals surface area (Å²) in [6.07, 6.45) is 0. The van der Waals surface area contributed by atoms with E-state index in [4.69, 9.17) is 27.9 Å². The van der Waals surface area contributed by atoms with Crippen molar-refractivity contribution in [2.75, 3.05) is 50.1 Å². The van der Waals surface area contributed by atoms with Crippen LogP contribution in [0.1, 0.15) is 0 Å². The Morgan fingerprint density at radius 2 is 1.73 bits per heavy atom. The number of carbonyl (C=O) groups excluding carboxylic acids is 1. The first-order valence-electron chi connectivity index (χ1n) is 8.41. The van der Waals surface area contributed by atoms with Crippen LogP contribution in [0.25, 0.3) is 0 Å². The number of methoxy groups -OCH3 is 1. The average Bonchev–Trinajstić information content (AvgIpc) is 2.65. The summed E-state index contributed by atoms with van der Waals surface area (Å²) < 4.78 is 5.11. The quantitative estimate of drug-likeness (QED) is 0.839. The highest BCUT2D eigenvalue weighted by molar-refractivity contribution is 6.42. The van der Waals surface area contributed by atoms with Gasteiger partial charge in [-0.3, -0.25) is 9.69 Å². The molecule has 26 heavy (non-hydrogen) atoms. The zero-order valence-electron chi connectivity index (χ0n) is 14.5. The Balaban J connectivity index is 1.48. The number of halogens is 2. The number of carbonyl (C=O) groups is 1. The van der Waals surface area contributed by atoms with Crippen LogP contribution in [-0.2, 0) is 4.79 Å². The number of ether oxygens (including phenoxy) is 1. The van der Waals surface area contributed by atoms with E-state index in [2.05, 4.69) is 15.1 Å². The average molecular weight is 394 g/mol. The molecule has 1 saturated heterocycles.